The number of fused-ring (bicyclic) bond motifs is 5. The number of amides is 1. The maximum Gasteiger partial charge on any atom is 0.251 e. The zero-order chi connectivity index (χ0) is 23.3. The minimum atomic E-state index is -1.10. The molecular weight excluding hydrogens is 428 g/mol. The number of carbonyl (C=O) groups is 1. The van der Waals surface area contributed by atoms with Gasteiger partial charge in [0, 0.05) is 29.3 Å². The molecule has 170 valence electrons. The zero-order valence-corrected chi connectivity index (χ0v) is 18.3. The first kappa shape index (κ1) is 21.3. The highest BCUT2D eigenvalue weighted by atomic mass is 19.1. The SMILES string of the molecule is COc1ccc(Cc2nc3c(c4c2[nH]c2ccc(F)cc24)CCN(C(=O)C(C)O)C3)cc1F. The molecule has 5 rings (SSSR count). The van der Waals surface area contributed by atoms with Gasteiger partial charge in [0.05, 0.1) is 30.6 Å². The Labute approximate surface area is 188 Å². The van der Waals surface area contributed by atoms with E-state index >= 15 is 0 Å². The third kappa shape index (κ3) is 3.70. The second-order valence-corrected chi connectivity index (χ2v) is 8.38. The molecule has 0 saturated carbocycles. The van der Waals surface area contributed by atoms with Gasteiger partial charge in [0.15, 0.2) is 11.6 Å². The zero-order valence-electron chi connectivity index (χ0n) is 18.3. The van der Waals surface area contributed by atoms with Gasteiger partial charge in [-0.1, -0.05) is 6.07 Å². The van der Waals surface area contributed by atoms with Gasteiger partial charge in [0.1, 0.15) is 11.9 Å². The second kappa shape index (κ2) is 8.12. The molecule has 3 heterocycles. The Morgan fingerprint density at radius 1 is 1.27 bits per heavy atom. The number of aliphatic hydroxyl groups excluding tert-OH is 1. The predicted molar refractivity (Wildman–Crippen MR) is 120 cm³/mol. The fourth-order valence-electron chi connectivity index (χ4n) is 4.62. The molecule has 0 fully saturated rings. The highest BCUT2D eigenvalue weighted by molar-refractivity contribution is 6.10. The number of benzene rings is 2. The number of aromatic nitrogens is 2. The van der Waals surface area contributed by atoms with Crippen LogP contribution in [0.1, 0.15) is 29.4 Å². The van der Waals surface area contributed by atoms with E-state index in [0.29, 0.717) is 36.3 Å². The van der Waals surface area contributed by atoms with E-state index in [1.807, 2.05) is 0 Å². The van der Waals surface area contributed by atoms with E-state index in [1.54, 1.807) is 23.1 Å². The first-order valence-corrected chi connectivity index (χ1v) is 10.8. The molecule has 6 nitrogen and oxygen atoms in total. The Balaban J connectivity index is 1.68. The number of nitrogens with zero attached hydrogens (tertiary/aromatic N) is 2. The molecule has 0 aliphatic carbocycles. The van der Waals surface area contributed by atoms with Gasteiger partial charge in [-0.25, -0.2) is 8.78 Å². The van der Waals surface area contributed by atoms with Crippen molar-refractivity contribution in [1.82, 2.24) is 14.9 Å². The quantitative estimate of drug-likeness (QED) is 0.494. The van der Waals surface area contributed by atoms with Gasteiger partial charge in [-0.3, -0.25) is 9.78 Å². The molecule has 0 spiro atoms. The summed E-state index contributed by atoms with van der Waals surface area (Å²) in [4.78, 5) is 22.2. The molecule has 2 aromatic carbocycles. The molecule has 2 N–H and O–H groups in total. The van der Waals surface area contributed by atoms with Crippen molar-refractivity contribution >= 4 is 27.7 Å². The largest absolute Gasteiger partial charge is 0.494 e. The molecule has 2 aromatic heterocycles. The number of halogens is 2. The molecular formula is C25H23F2N3O3. The number of aromatic amines is 1. The molecule has 0 saturated heterocycles. The monoisotopic (exact) mass is 451 g/mol. The summed E-state index contributed by atoms with van der Waals surface area (Å²) in [7, 11) is 1.41. The van der Waals surface area contributed by atoms with Gasteiger partial charge in [-0.15, -0.1) is 0 Å². The standard InChI is InChI=1S/C25H23F2N3O3/c1-13(31)25(32)30-8-7-16-21(12-30)28-20(10-14-3-6-22(33-2)18(27)9-14)24-23(16)17-11-15(26)4-5-19(17)29-24/h3-6,9,11,13,29,31H,7-8,10,12H2,1-2H3. The number of H-pyrrole nitrogens is 1. The van der Waals surface area contributed by atoms with E-state index in [0.717, 1.165) is 27.4 Å². The number of methoxy groups -OCH3 is 1. The van der Waals surface area contributed by atoms with Crippen molar-refractivity contribution in [2.75, 3.05) is 13.7 Å². The molecule has 8 heteroatoms. The van der Waals surface area contributed by atoms with Gasteiger partial charge in [-0.05, 0) is 54.8 Å². The minimum Gasteiger partial charge on any atom is -0.494 e. The summed E-state index contributed by atoms with van der Waals surface area (Å²) in [6, 6.07) is 9.36. The maximum atomic E-state index is 14.3. The summed E-state index contributed by atoms with van der Waals surface area (Å²) in [5.74, 6) is -0.993. The highest BCUT2D eigenvalue weighted by Gasteiger charge is 2.28. The van der Waals surface area contributed by atoms with E-state index in [4.69, 9.17) is 9.72 Å². The molecule has 1 atom stereocenters. The molecule has 33 heavy (non-hydrogen) atoms. The third-order valence-electron chi connectivity index (χ3n) is 6.20. The third-order valence-corrected chi connectivity index (χ3v) is 6.20. The van der Waals surface area contributed by atoms with Crippen molar-refractivity contribution in [3.63, 3.8) is 0 Å². The summed E-state index contributed by atoms with van der Waals surface area (Å²) >= 11 is 0. The lowest BCUT2D eigenvalue weighted by molar-refractivity contribution is -0.140. The maximum absolute atomic E-state index is 14.3. The first-order valence-electron chi connectivity index (χ1n) is 10.8. The lowest BCUT2D eigenvalue weighted by Gasteiger charge is -2.30. The van der Waals surface area contributed by atoms with Crippen molar-refractivity contribution in [3.8, 4) is 5.75 Å². The second-order valence-electron chi connectivity index (χ2n) is 8.38. The van der Waals surface area contributed by atoms with Crippen molar-refractivity contribution in [3.05, 3.63) is 70.5 Å². The van der Waals surface area contributed by atoms with Crippen LogP contribution in [0.15, 0.2) is 36.4 Å². The van der Waals surface area contributed by atoms with Crippen LogP contribution in [0.2, 0.25) is 0 Å². The van der Waals surface area contributed by atoms with E-state index in [9.17, 15) is 18.7 Å². The fraction of sp³-hybridized carbons (Fsp3) is 0.280. The van der Waals surface area contributed by atoms with E-state index in [2.05, 4.69) is 4.98 Å². The molecule has 0 bridgehead atoms. The number of hydrogen-bond acceptors (Lipinski definition) is 4. The highest BCUT2D eigenvalue weighted by Crippen LogP contribution is 2.35. The van der Waals surface area contributed by atoms with Gasteiger partial charge in [-0.2, -0.15) is 0 Å². The van der Waals surface area contributed by atoms with Gasteiger partial charge < -0.3 is 19.7 Å². The van der Waals surface area contributed by atoms with Crippen LogP contribution in [0, 0.1) is 11.6 Å². The Morgan fingerprint density at radius 2 is 2.09 bits per heavy atom. The number of rotatable bonds is 4. The minimum absolute atomic E-state index is 0.163. The summed E-state index contributed by atoms with van der Waals surface area (Å²) in [6.07, 6.45) is -0.220. The average molecular weight is 451 g/mol. The lowest BCUT2D eigenvalue weighted by Crippen LogP contribution is -2.41. The fourth-order valence-corrected chi connectivity index (χ4v) is 4.62. The van der Waals surface area contributed by atoms with Gasteiger partial charge >= 0.3 is 0 Å². The van der Waals surface area contributed by atoms with Crippen molar-refractivity contribution in [1.29, 1.82) is 0 Å². The average Bonchev–Trinajstić information content (AvgIpc) is 3.17. The molecule has 0 radical (unpaired) electrons. The molecule has 1 aliphatic rings. The molecule has 1 unspecified atom stereocenters. The van der Waals surface area contributed by atoms with Crippen LogP contribution in [0.4, 0.5) is 8.78 Å². The summed E-state index contributed by atoms with van der Waals surface area (Å²) in [5.41, 5.74) is 4.61. The topological polar surface area (TPSA) is 78.5 Å². The Kier molecular flexibility index (Phi) is 5.25. The van der Waals surface area contributed by atoms with E-state index in [1.165, 1.54) is 32.2 Å². The van der Waals surface area contributed by atoms with Crippen LogP contribution < -0.4 is 4.74 Å². The van der Waals surface area contributed by atoms with Gasteiger partial charge in [0.2, 0.25) is 0 Å². The molecule has 1 amide bonds. The number of aliphatic hydroxyl groups is 1. The van der Waals surface area contributed by atoms with Crippen LogP contribution in [0.5, 0.6) is 5.75 Å². The first-order chi connectivity index (χ1) is 15.9. The smallest absolute Gasteiger partial charge is 0.251 e. The lowest BCUT2D eigenvalue weighted by atomic mass is 9.96. The van der Waals surface area contributed by atoms with Crippen molar-refractivity contribution in [2.24, 2.45) is 0 Å². The summed E-state index contributed by atoms with van der Waals surface area (Å²) in [5, 5.41) is 11.4. The Morgan fingerprint density at radius 3 is 2.82 bits per heavy atom. The number of hydrogen-bond donors (Lipinski definition) is 2. The van der Waals surface area contributed by atoms with Crippen LogP contribution in [0.25, 0.3) is 21.8 Å². The number of nitrogens with one attached hydrogen (secondary N) is 1. The Hall–Kier alpha value is -3.52. The van der Waals surface area contributed by atoms with Gasteiger partial charge in [0.25, 0.3) is 5.91 Å². The van der Waals surface area contributed by atoms with E-state index < -0.39 is 11.9 Å². The Bertz CT molecular complexity index is 1400. The number of pyridine rings is 1. The van der Waals surface area contributed by atoms with Crippen molar-refractivity contribution < 1.29 is 23.4 Å². The summed E-state index contributed by atoms with van der Waals surface area (Å²) < 4.78 is 33.4. The van der Waals surface area contributed by atoms with Crippen LogP contribution >= 0.6 is 0 Å². The number of carbonyl (C=O) groups excluding carboxylic acids is 1. The normalized spacial score (nSPS) is 14.5. The van der Waals surface area contributed by atoms with Crippen LogP contribution in [-0.4, -0.2) is 45.6 Å². The van der Waals surface area contributed by atoms with Crippen LogP contribution in [-0.2, 0) is 24.2 Å². The number of ether oxygens (including phenoxy) is 1. The van der Waals surface area contributed by atoms with E-state index in [-0.39, 0.29) is 24.0 Å². The predicted octanol–water partition coefficient (Wildman–Crippen LogP) is 3.86. The summed E-state index contributed by atoms with van der Waals surface area (Å²) in [6.45, 7) is 2.14. The van der Waals surface area contributed by atoms with Crippen molar-refractivity contribution in [2.45, 2.75) is 32.4 Å². The molecule has 1 aliphatic heterocycles. The van der Waals surface area contributed by atoms with Crippen LogP contribution in [0.3, 0.4) is 0 Å². The molecule has 4 aromatic rings.